The quantitative estimate of drug-likeness (QED) is 0.936. The van der Waals surface area contributed by atoms with Crippen molar-refractivity contribution < 1.29 is 9.90 Å². The Hall–Kier alpha value is -1.94. The fourth-order valence-electron chi connectivity index (χ4n) is 1.96. The molecule has 0 atom stereocenters. The minimum absolute atomic E-state index is 0.180. The molecular formula is C14H13ClN2O2. The lowest BCUT2D eigenvalue weighted by atomic mass is 10.1. The molecule has 5 heteroatoms. The topological polar surface area (TPSA) is 63.1 Å². The number of nitrogens with zero attached hydrogens (tertiary/aromatic N) is 2. The molecule has 0 amide bonds. The zero-order chi connectivity index (χ0) is 14.0. The van der Waals surface area contributed by atoms with Crippen molar-refractivity contribution in [2.45, 2.75) is 20.3 Å². The fraction of sp³-hybridized carbons (Fsp3) is 0.214. The van der Waals surface area contributed by atoms with E-state index in [1.54, 1.807) is 13.8 Å². The summed E-state index contributed by atoms with van der Waals surface area (Å²) in [5.74, 6) is -0.379. The molecule has 2 aromatic rings. The first-order chi connectivity index (χ1) is 8.97. The molecule has 0 fully saturated rings. The Labute approximate surface area is 116 Å². The van der Waals surface area contributed by atoms with Crippen LogP contribution in [0.1, 0.15) is 33.1 Å². The van der Waals surface area contributed by atoms with Crippen molar-refractivity contribution >= 4 is 17.6 Å². The van der Waals surface area contributed by atoms with Crippen LogP contribution in [0, 0.1) is 13.8 Å². The summed E-state index contributed by atoms with van der Waals surface area (Å²) in [6, 6.07) is 7.42. The highest BCUT2D eigenvalue weighted by molar-refractivity contribution is 6.30. The van der Waals surface area contributed by atoms with Crippen LogP contribution in [0.15, 0.2) is 24.3 Å². The van der Waals surface area contributed by atoms with Gasteiger partial charge in [-0.05, 0) is 31.5 Å². The zero-order valence-electron chi connectivity index (χ0n) is 10.6. The van der Waals surface area contributed by atoms with Crippen LogP contribution < -0.4 is 0 Å². The normalized spacial score (nSPS) is 10.5. The number of carboxylic acid groups (broad SMARTS) is 1. The molecule has 19 heavy (non-hydrogen) atoms. The second-order valence-corrected chi connectivity index (χ2v) is 4.73. The van der Waals surface area contributed by atoms with Crippen molar-refractivity contribution in [1.29, 1.82) is 0 Å². The Morgan fingerprint density at radius 2 is 1.68 bits per heavy atom. The van der Waals surface area contributed by atoms with E-state index in [0.29, 0.717) is 28.7 Å². The molecule has 2 rings (SSSR count). The predicted molar refractivity (Wildman–Crippen MR) is 72.7 cm³/mol. The van der Waals surface area contributed by atoms with Gasteiger partial charge in [0.05, 0.1) is 11.4 Å². The standard InChI is InChI=1S/C14H13ClN2O2/c1-8-13(14(18)19)9(2)17-12(16-8)7-10-3-5-11(15)6-4-10/h3-6H,7H2,1-2H3,(H,18,19). The molecule has 0 saturated heterocycles. The number of aromatic carboxylic acids is 1. The second kappa shape index (κ2) is 5.36. The third kappa shape index (κ3) is 3.09. The molecular weight excluding hydrogens is 264 g/mol. The molecule has 98 valence electrons. The van der Waals surface area contributed by atoms with Gasteiger partial charge in [0.25, 0.3) is 0 Å². The van der Waals surface area contributed by atoms with E-state index in [4.69, 9.17) is 16.7 Å². The maximum atomic E-state index is 11.1. The van der Waals surface area contributed by atoms with Gasteiger partial charge in [0.15, 0.2) is 0 Å². The molecule has 1 aromatic carbocycles. The lowest BCUT2D eigenvalue weighted by Crippen LogP contribution is -2.10. The van der Waals surface area contributed by atoms with E-state index >= 15 is 0 Å². The summed E-state index contributed by atoms with van der Waals surface area (Å²) >= 11 is 5.82. The number of aromatic nitrogens is 2. The number of hydrogen-bond donors (Lipinski definition) is 1. The molecule has 1 aromatic heterocycles. The van der Waals surface area contributed by atoms with E-state index in [0.717, 1.165) is 5.56 Å². The minimum atomic E-state index is -0.993. The number of carbonyl (C=O) groups is 1. The van der Waals surface area contributed by atoms with Crippen molar-refractivity contribution in [3.63, 3.8) is 0 Å². The smallest absolute Gasteiger partial charge is 0.339 e. The van der Waals surface area contributed by atoms with Crippen LogP contribution in [0.25, 0.3) is 0 Å². The number of carboxylic acids is 1. The van der Waals surface area contributed by atoms with Crippen LogP contribution in [-0.4, -0.2) is 21.0 Å². The van der Waals surface area contributed by atoms with E-state index < -0.39 is 5.97 Å². The molecule has 0 spiro atoms. The summed E-state index contributed by atoms with van der Waals surface area (Å²) in [7, 11) is 0. The first kappa shape index (κ1) is 13.5. The van der Waals surface area contributed by atoms with Gasteiger partial charge in [-0.1, -0.05) is 23.7 Å². The molecule has 0 saturated carbocycles. The predicted octanol–water partition coefficient (Wildman–Crippen LogP) is 3.04. The van der Waals surface area contributed by atoms with Gasteiger partial charge in [-0.2, -0.15) is 0 Å². The van der Waals surface area contributed by atoms with Crippen LogP contribution >= 0.6 is 11.6 Å². The molecule has 1 heterocycles. The Kier molecular flexibility index (Phi) is 3.81. The molecule has 1 N–H and O–H groups in total. The van der Waals surface area contributed by atoms with Crippen LogP contribution in [0.2, 0.25) is 5.02 Å². The third-order valence-electron chi connectivity index (χ3n) is 2.81. The van der Waals surface area contributed by atoms with E-state index in [-0.39, 0.29) is 5.56 Å². The van der Waals surface area contributed by atoms with Crippen molar-refractivity contribution in [1.82, 2.24) is 9.97 Å². The average Bonchev–Trinajstić information content (AvgIpc) is 2.30. The van der Waals surface area contributed by atoms with Crippen LogP contribution in [0.3, 0.4) is 0 Å². The Bertz CT molecular complexity index is 601. The monoisotopic (exact) mass is 276 g/mol. The minimum Gasteiger partial charge on any atom is -0.478 e. The molecule has 0 aliphatic heterocycles. The van der Waals surface area contributed by atoms with Crippen molar-refractivity contribution in [3.8, 4) is 0 Å². The third-order valence-corrected chi connectivity index (χ3v) is 3.06. The lowest BCUT2D eigenvalue weighted by Gasteiger charge is -2.07. The maximum absolute atomic E-state index is 11.1. The fourth-order valence-corrected chi connectivity index (χ4v) is 2.09. The summed E-state index contributed by atoms with van der Waals surface area (Å²) < 4.78 is 0. The summed E-state index contributed by atoms with van der Waals surface area (Å²) in [6.45, 7) is 3.37. The lowest BCUT2D eigenvalue weighted by molar-refractivity contribution is 0.0694. The summed E-state index contributed by atoms with van der Waals surface area (Å²) in [5, 5.41) is 9.74. The van der Waals surface area contributed by atoms with E-state index in [2.05, 4.69) is 9.97 Å². The zero-order valence-corrected chi connectivity index (χ0v) is 11.4. The van der Waals surface area contributed by atoms with Crippen molar-refractivity contribution in [2.75, 3.05) is 0 Å². The molecule has 0 aliphatic rings. The Morgan fingerprint density at radius 1 is 1.16 bits per heavy atom. The van der Waals surface area contributed by atoms with Gasteiger partial charge < -0.3 is 5.11 Å². The number of hydrogen-bond acceptors (Lipinski definition) is 3. The highest BCUT2D eigenvalue weighted by Gasteiger charge is 2.14. The van der Waals surface area contributed by atoms with Crippen LogP contribution in [-0.2, 0) is 6.42 Å². The van der Waals surface area contributed by atoms with Gasteiger partial charge in [0.2, 0.25) is 0 Å². The van der Waals surface area contributed by atoms with Gasteiger partial charge in [0.1, 0.15) is 11.4 Å². The van der Waals surface area contributed by atoms with Gasteiger partial charge >= 0.3 is 5.97 Å². The number of halogens is 1. The molecule has 0 aliphatic carbocycles. The highest BCUT2D eigenvalue weighted by Crippen LogP contribution is 2.14. The van der Waals surface area contributed by atoms with Crippen molar-refractivity contribution in [2.24, 2.45) is 0 Å². The molecule has 0 unspecified atom stereocenters. The number of aryl methyl sites for hydroxylation is 2. The van der Waals surface area contributed by atoms with Gasteiger partial charge in [0, 0.05) is 11.4 Å². The second-order valence-electron chi connectivity index (χ2n) is 4.29. The van der Waals surface area contributed by atoms with Crippen molar-refractivity contribution in [3.05, 3.63) is 57.6 Å². The summed E-state index contributed by atoms with van der Waals surface area (Å²) in [4.78, 5) is 19.6. The Balaban J connectivity index is 2.32. The van der Waals surface area contributed by atoms with Gasteiger partial charge in [-0.25, -0.2) is 14.8 Å². The van der Waals surface area contributed by atoms with Crippen LogP contribution in [0.5, 0.6) is 0 Å². The number of benzene rings is 1. The van der Waals surface area contributed by atoms with Crippen LogP contribution in [0.4, 0.5) is 0 Å². The molecule has 4 nitrogen and oxygen atoms in total. The highest BCUT2D eigenvalue weighted by atomic mass is 35.5. The van der Waals surface area contributed by atoms with E-state index in [9.17, 15) is 4.79 Å². The van der Waals surface area contributed by atoms with Gasteiger partial charge in [-0.3, -0.25) is 0 Å². The average molecular weight is 277 g/mol. The Morgan fingerprint density at radius 3 is 2.16 bits per heavy atom. The maximum Gasteiger partial charge on any atom is 0.339 e. The number of rotatable bonds is 3. The largest absolute Gasteiger partial charge is 0.478 e. The first-order valence-corrected chi connectivity index (χ1v) is 6.17. The van der Waals surface area contributed by atoms with E-state index in [1.165, 1.54) is 0 Å². The van der Waals surface area contributed by atoms with E-state index in [1.807, 2.05) is 24.3 Å². The molecule has 0 bridgehead atoms. The SMILES string of the molecule is Cc1nc(Cc2ccc(Cl)cc2)nc(C)c1C(=O)O. The summed E-state index contributed by atoms with van der Waals surface area (Å²) in [6.07, 6.45) is 0.554. The first-order valence-electron chi connectivity index (χ1n) is 5.79. The summed E-state index contributed by atoms with van der Waals surface area (Å²) in [5.41, 5.74) is 2.19. The molecule has 0 radical (unpaired) electrons. The van der Waals surface area contributed by atoms with Gasteiger partial charge in [-0.15, -0.1) is 0 Å².